The zero-order valence-electron chi connectivity index (χ0n) is 13.0. The van der Waals surface area contributed by atoms with Crippen LogP contribution >= 0.6 is 0 Å². The number of nitrogens with one attached hydrogen (secondary N) is 1. The Balaban J connectivity index is 2.87. The molecule has 0 aliphatic rings. The number of hydrogen-bond donors (Lipinski definition) is 1. The van der Waals surface area contributed by atoms with E-state index in [4.69, 9.17) is 9.47 Å². The van der Waals surface area contributed by atoms with Crippen molar-refractivity contribution in [3.05, 3.63) is 12.3 Å². The maximum Gasteiger partial charge on any atom is 0.250 e. The normalized spacial score (nSPS) is 11.1. The number of methoxy groups -OCH3 is 1. The van der Waals surface area contributed by atoms with Crippen molar-refractivity contribution in [2.75, 3.05) is 38.0 Å². The molecular formula is C14H23N3O3. The van der Waals surface area contributed by atoms with Gasteiger partial charge in [0.1, 0.15) is 12.3 Å². The maximum atomic E-state index is 12.0. The van der Waals surface area contributed by atoms with Crippen molar-refractivity contribution in [3.8, 4) is 5.88 Å². The number of pyridine rings is 1. The summed E-state index contributed by atoms with van der Waals surface area (Å²) in [5, 5.41) is 2.79. The van der Waals surface area contributed by atoms with Crippen LogP contribution in [-0.4, -0.2) is 44.3 Å². The molecular weight excluding hydrogens is 258 g/mol. The minimum atomic E-state index is -0.360. The first-order valence-corrected chi connectivity index (χ1v) is 6.38. The molecule has 1 amide bonds. The van der Waals surface area contributed by atoms with Crippen molar-refractivity contribution in [2.24, 2.45) is 0 Å². The number of carbonyl (C=O) groups is 1. The molecule has 1 N–H and O–H groups in total. The molecule has 6 heteroatoms. The van der Waals surface area contributed by atoms with Gasteiger partial charge < -0.3 is 19.7 Å². The molecule has 0 unspecified atom stereocenters. The molecule has 0 saturated heterocycles. The highest BCUT2D eigenvalue weighted by molar-refractivity contribution is 5.96. The molecule has 0 aliphatic heterocycles. The Morgan fingerprint density at radius 2 is 2.05 bits per heavy atom. The summed E-state index contributed by atoms with van der Waals surface area (Å²) in [6, 6.07) is 1.81. The number of aromatic nitrogens is 1. The Kier molecular flexibility index (Phi) is 5.33. The third kappa shape index (κ3) is 4.70. The molecule has 1 heterocycles. The first-order valence-electron chi connectivity index (χ1n) is 6.38. The zero-order chi connectivity index (χ0) is 15.3. The molecule has 0 spiro atoms. The Hall–Kier alpha value is -1.82. The number of anilines is 2. The molecule has 0 saturated carbocycles. The molecule has 1 rings (SSSR count). The minimum absolute atomic E-state index is 0.0194. The van der Waals surface area contributed by atoms with Gasteiger partial charge in [0.15, 0.2) is 0 Å². The van der Waals surface area contributed by atoms with E-state index >= 15 is 0 Å². The fourth-order valence-corrected chi connectivity index (χ4v) is 1.54. The van der Waals surface area contributed by atoms with Crippen molar-refractivity contribution in [2.45, 2.75) is 26.4 Å². The van der Waals surface area contributed by atoms with Crippen molar-refractivity contribution < 1.29 is 14.3 Å². The third-order valence-corrected chi connectivity index (χ3v) is 2.47. The Labute approximate surface area is 120 Å². The summed E-state index contributed by atoms with van der Waals surface area (Å²) >= 11 is 0. The molecule has 0 aliphatic carbocycles. The van der Waals surface area contributed by atoms with Crippen LogP contribution < -0.4 is 15.0 Å². The van der Waals surface area contributed by atoms with Crippen LogP contribution in [-0.2, 0) is 9.53 Å². The van der Waals surface area contributed by atoms with Gasteiger partial charge in [-0.05, 0) is 26.8 Å². The topological polar surface area (TPSA) is 63.7 Å². The molecule has 0 radical (unpaired) electrons. The van der Waals surface area contributed by atoms with Gasteiger partial charge in [-0.3, -0.25) is 4.79 Å². The first kappa shape index (κ1) is 16.2. The summed E-state index contributed by atoms with van der Waals surface area (Å²) in [5.41, 5.74) is 1.00. The SMILES string of the molecule is COc1nccc(N(C)C)c1NC(=O)COC(C)(C)C. The van der Waals surface area contributed by atoms with Crippen molar-refractivity contribution in [1.82, 2.24) is 4.98 Å². The lowest BCUT2D eigenvalue weighted by Crippen LogP contribution is -2.28. The monoisotopic (exact) mass is 281 g/mol. The fourth-order valence-electron chi connectivity index (χ4n) is 1.54. The summed E-state index contributed by atoms with van der Waals surface area (Å²) in [6.07, 6.45) is 1.63. The largest absolute Gasteiger partial charge is 0.479 e. The van der Waals surface area contributed by atoms with Gasteiger partial charge in [-0.2, -0.15) is 0 Å². The highest BCUT2D eigenvalue weighted by Gasteiger charge is 2.17. The predicted molar refractivity (Wildman–Crippen MR) is 79.5 cm³/mol. The summed E-state index contributed by atoms with van der Waals surface area (Å²) in [5.74, 6) is 0.134. The molecule has 0 fully saturated rings. The number of hydrogen-bond acceptors (Lipinski definition) is 5. The van der Waals surface area contributed by atoms with Crippen LogP contribution in [0.3, 0.4) is 0 Å². The van der Waals surface area contributed by atoms with Crippen LogP contribution in [0.2, 0.25) is 0 Å². The maximum absolute atomic E-state index is 12.0. The number of nitrogens with zero attached hydrogens (tertiary/aromatic N) is 2. The second-order valence-corrected chi connectivity index (χ2v) is 5.56. The Morgan fingerprint density at radius 3 is 2.55 bits per heavy atom. The second kappa shape index (κ2) is 6.56. The summed E-state index contributed by atoms with van der Waals surface area (Å²) in [4.78, 5) is 17.9. The van der Waals surface area contributed by atoms with E-state index in [1.807, 2.05) is 45.8 Å². The molecule has 0 atom stereocenters. The van der Waals surface area contributed by atoms with Crippen LogP contribution in [0.25, 0.3) is 0 Å². The van der Waals surface area contributed by atoms with Crippen molar-refractivity contribution in [3.63, 3.8) is 0 Å². The second-order valence-electron chi connectivity index (χ2n) is 5.56. The summed E-state index contributed by atoms with van der Waals surface area (Å²) in [6.45, 7) is 5.68. The number of carbonyl (C=O) groups excluding carboxylic acids is 1. The van der Waals surface area contributed by atoms with Gasteiger partial charge in [0, 0.05) is 20.3 Å². The van der Waals surface area contributed by atoms with E-state index in [-0.39, 0.29) is 18.1 Å². The van der Waals surface area contributed by atoms with E-state index in [1.165, 1.54) is 7.11 Å². The van der Waals surface area contributed by atoms with E-state index in [9.17, 15) is 4.79 Å². The quantitative estimate of drug-likeness (QED) is 0.893. The summed E-state index contributed by atoms with van der Waals surface area (Å²) < 4.78 is 10.6. The molecule has 0 bridgehead atoms. The Morgan fingerprint density at radius 1 is 1.40 bits per heavy atom. The smallest absolute Gasteiger partial charge is 0.250 e. The standard InChI is InChI=1S/C14H23N3O3/c1-14(2,3)20-9-11(18)16-12-10(17(4)5)7-8-15-13(12)19-6/h7-8H,9H2,1-6H3,(H,16,18). The van der Waals surface area contributed by atoms with Gasteiger partial charge in [-0.15, -0.1) is 0 Å². The van der Waals surface area contributed by atoms with Crippen LogP contribution in [0.4, 0.5) is 11.4 Å². The van der Waals surface area contributed by atoms with Gasteiger partial charge in [0.05, 0.1) is 18.4 Å². The number of amides is 1. The van der Waals surface area contributed by atoms with Crippen LogP contribution in [0.5, 0.6) is 5.88 Å². The molecule has 1 aromatic rings. The molecule has 20 heavy (non-hydrogen) atoms. The van der Waals surface area contributed by atoms with Gasteiger partial charge in [-0.1, -0.05) is 0 Å². The average molecular weight is 281 g/mol. The van der Waals surface area contributed by atoms with Crippen LogP contribution in [0.1, 0.15) is 20.8 Å². The fraction of sp³-hybridized carbons (Fsp3) is 0.571. The van der Waals surface area contributed by atoms with E-state index in [0.717, 1.165) is 5.69 Å². The lowest BCUT2D eigenvalue weighted by molar-refractivity contribution is -0.125. The van der Waals surface area contributed by atoms with E-state index in [1.54, 1.807) is 6.20 Å². The van der Waals surface area contributed by atoms with Crippen LogP contribution in [0.15, 0.2) is 12.3 Å². The molecule has 6 nitrogen and oxygen atoms in total. The molecule has 1 aromatic heterocycles. The minimum Gasteiger partial charge on any atom is -0.479 e. The molecule has 112 valence electrons. The first-order chi connectivity index (χ1) is 9.24. The lowest BCUT2D eigenvalue weighted by Gasteiger charge is -2.21. The van der Waals surface area contributed by atoms with Gasteiger partial charge in [0.2, 0.25) is 5.88 Å². The zero-order valence-corrected chi connectivity index (χ0v) is 13.0. The highest BCUT2D eigenvalue weighted by atomic mass is 16.5. The summed E-state index contributed by atoms with van der Waals surface area (Å²) in [7, 11) is 5.29. The highest BCUT2D eigenvalue weighted by Crippen LogP contribution is 2.31. The Bertz CT molecular complexity index is 467. The number of ether oxygens (including phenoxy) is 2. The van der Waals surface area contributed by atoms with E-state index in [2.05, 4.69) is 10.3 Å². The van der Waals surface area contributed by atoms with Gasteiger partial charge >= 0.3 is 0 Å². The third-order valence-electron chi connectivity index (χ3n) is 2.47. The lowest BCUT2D eigenvalue weighted by atomic mass is 10.2. The van der Waals surface area contributed by atoms with Crippen LogP contribution in [0, 0.1) is 0 Å². The van der Waals surface area contributed by atoms with E-state index < -0.39 is 0 Å². The van der Waals surface area contributed by atoms with Gasteiger partial charge in [-0.25, -0.2) is 4.98 Å². The predicted octanol–water partition coefficient (Wildman–Crippen LogP) is 1.91. The van der Waals surface area contributed by atoms with E-state index in [0.29, 0.717) is 11.6 Å². The average Bonchev–Trinajstić information content (AvgIpc) is 2.35. The molecule has 0 aromatic carbocycles. The van der Waals surface area contributed by atoms with Crippen molar-refractivity contribution in [1.29, 1.82) is 0 Å². The number of rotatable bonds is 5. The van der Waals surface area contributed by atoms with Gasteiger partial charge in [0.25, 0.3) is 5.91 Å². The van der Waals surface area contributed by atoms with Crippen molar-refractivity contribution >= 4 is 17.3 Å².